The van der Waals surface area contributed by atoms with E-state index in [2.05, 4.69) is 4.99 Å². The van der Waals surface area contributed by atoms with Crippen LogP contribution in [0.4, 0.5) is 0 Å². The van der Waals surface area contributed by atoms with Crippen LogP contribution in [0, 0.1) is 0 Å². The third-order valence-electron chi connectivity index (χ3n) is 3.32. The van der Waals surface area contributed by atoms with Crippen molar-refractivity contribution in [2.45, 2.75) is 24.8 Å². The van der Waals surface area contributed by atoms with Gasteiger partial charge in [0.05, 0.1) is 13.7 Å². The Hall–Kier alpha value is -2.13. The minimum Gasteiger partial charge on any atom is -0.497 e. The third-order valence-corrected chi connectivity index (χ3v) is 3.32. The standard InChI is InChI=1S/C14H15NO4/c1-3-19-13(17)14(15-9-16)8-12(14)10-4-6-11(18-2)7-5-10/h4-7,12H,3,8H2,1-2H3. The first-order valence-corrected chi connectivity index (χ1v) is 6.08. The maximum Gasteiger partial charge on any atom is 0.335 e. The van der Waals surface area contributed by atoms with Crippen molar-refractivity contribution in [3.05, 3.63) is 29.8 Å². The molecule has 0 saturated heterocycles. The van der Waals surface area contributed by atoms with Gasteiger partial charge in [-0.25, -0.2) is 9.59 Å². The van der Waals surface area contributed by atoms with E-state index in [1.165, 1.54) is 6.08 Å². The molecular formula is C14H15NO4. The fourth-order valence-electron chi connectivity index (χ4n) is 2.21. The van der Waals surface area contributed by atoms with Gasteiger partial charge in [0, 0.05) is 5.92 Å². The van der Waals surface area contributed by atoms with E-state index in [9.17, 15) is 9.59 Å². The molecule has 0 radical (unpaired) electrons. The molecule has 1 aromatic rings. The summed E-state index contributed by atoms with van der Waals surface area (Å²) >= 11 is 0. The molecule has 0 amide bonds. The average molecular weight is 261 g/mol. The van der Waals surface area contributed by atoms with E-state index < -0.39 is 11.5 Å². The minimum atomic E-state index is -1.08. The van der Waals surface area contributed by atoms with Crippen LogP contribution in [-0.4, -0.2) is 31.3 Å². The number of hydrogen-bond donors (Lipinski definition) is 0. The molecule has 100 valence electrons. The maximum absolute atomic E-state index is 11.9. The van der Waals surface area contributed by atoms with Crippen molar-refractivity contribution >= 4 is 12.0 Å². The van der Waals surface area contributed by atoms with Gasteiger partial charge in [-0.05, 0) is 31.0 Å². The van der Waals surface area contributed by atoms with Gasteiger partial charge in [0.25, 0.3) is 0 Å². The van der Waals surface area contributed by atoms with E-state index in [1.807, 2.05) is 24.3 Å². The van der Waals surface area contributed by atoms with Crippen LogP contribution in [0.3, 0.4) is 0 Å². The fraction of sp³-hybridized carbons (Fsp3) is 0.429. The molecular weight excluding hydrogens is 246 g/mol. The number of rotatable bonds is 5. The molecule has 2 rings (SSSR count). The Morgan fingerprint density at radius 2 is 2.16 bits per heavy atom. The van der Waals surface area contributed by atoms with Crippen LogP contribution in [0.5, 0.6) is 5.75 Å². The molecule has 0 aromatic heterocycles. The van der Waals surface area contributed by atoms with Gasteiger partial charge < -0.3 is 9.47 Å². The number of nitrogens with zero attached hydrogens (tertiary/aromatic N) is 1. The van der Waals surface area contributed by atoms with Crippen LogP contribution < -0.4 is 4.74 Å². The summed E-state index contributed by atoms with van der Waals surface area (Å²) in [6.45, 7) is 1.99. The summed E-state index contributed by atoms with van der Waals surface area (Å²) in [6, 6.07) is 7.36. The van der Waals surface area contributed by atoms with Crippen LogP contribution in [0.25, 0.3) is 0 Å². The molecule has 5 heteroatoms. The van der Waals surface area contributed by atoms with E-state index in [0.29, 0.717) is 6.42 Å². The lowest BCUT2D eigenvalue weighted by atomic mass is 10.1. The molecule has 0 aliphatic heterocycles. The van der Waals surface area contributed by atoms with E-state index in [4.69, 9.17) is 9.47 Å². The van der Waals surface area contributed by atoms with Crippen molar-refractivity contribution in [1.82, 2.24) is 0 Å². The van der Waals surface area contributed by atoms with Crippen molar-refractivity contribution < 1.29 is 19.1 Å². The SMILES string of the molecule is CCOC(=O)C1(N=C=O)CC1c1ccc(OC)cc1. The Bertz CT molecular complexity index is 519. The lowest BCUT2D eigenvalue weighted by Gasteiger charge is -2.09. The van der Waals surface area contributed by atoms with Crippen LogP contribution in [-0.2, 0) is 14.3 Å². The van der Waals surface area contributed by atoms with E-state index in [-0.39, 0.29) is 12.5 Å². The van der Waals surface area contributed by atoms with Gasteiger partial charge in [0.2, 0.25) is 6.08 Å². The highest BCUT2D eigenvalue weighted by molar-refractivity contribution is 5.88. The van der Waals surface area contributed by atoms with Crippen molar-refractivity contribution in [1.29, 1.82) is 0 Å². The molecule has 5 nitrogen and oxygen atoms in total. The fourth-order valence-corrected chi connectivity index (χ4v) is 2.21. The highest BCUT2D eigenvalue weighted by Gasteiger charge is 2.63. The molecule has 2 unspecified atom stereocenters. The number of aliphatic imine (C=N–C) groups is 1. The number of ether oxygens (including phenoxy) is 2. The summed E-state index contributed by atoms with van der Waals surface area (Å²) in [6.07, 6.45) is 1.96. The largest absolute Gasteiger partial charge is 0.497 e. The van der Waals surface area contributed by atoms with Crippen LogP contribution in [0.1, 0.15) is 24.8 Å². The molecule has 1 aliphatic rings. The van der Waals surface area contributed by atoms with E-state index in [1.54, 1.807) is 14.0 Å². The number of carbonyl (C=O) groups excluding carboxylic acids is 2. The number of methoxy groups -OCH3 is 1. The van der Waals surface area contributed by atoms with Crippen molar-refractivity contribution in [3.8, 4) is 5.75 Å². The Balaban J connectivity index is 2.22. The molecule has 19 heavy (non-hydrogen) atoms. The van der Waals surface area contributed by atoms with Gasteiger partial charge in [0.15, 0.2) is 5.54 Å². The minimum absolute atomic E-state index is 0.126. The molecule has 1 aromatic carbocycles. The Kier molecular flexibility index (Phi) is 3.67. The Labute approximate surface area is 111 Å². The summed E-state index contributed by atoms with van der Waals surface area (Å²) in [5, 5.41) is 0. The summed E-state index contributed by atoms with van der Waals surface area (Å²) in [7, 11) is 1.59. The summed E-state index contributed by atoms with van der Waals surface area (Å²) < 4.78 is 10.1. The summed E-state index contributed by atoms with van der Waals surface area (Å²) in [4.78, 5) is 26.1. The molecule has 0 bridgehead atoms. The second-order valence-corrected chi connectivity index (χ2v) is 4.38. The number of isocyanates is 1. The Morgan fingerprint density at radius 1 is 1.47 bits per heavy atom. The second-order valence-electron chi connectivity index (χ2n) is 4.38. The molecule has 2 atom stereocenters. The molecule has 0 heterocycles. The number of benzene rings is 1. The van der Waals surface area contributed by atoms with Crippen molar-refractivity contribution in [2.24, 2.45) is 4.99 Å². The zero-order valence-electron chi connectivity index (χ0n) is 10.9. The van der Waals surface area contributed by atoms with Crippen LogP contribution in [0.2, 0.25) is 0 Å². The monoisotopic (exact) mass is 261 g/mol. The highest BCUT2D eigenvalue weighted by atomic mass is 16.5. The molecule has 0 N–H and O–H groups in total. The number of esters is 1. The van der Waals surface area contributed by atoms with E-state index in [0.717, 1.165) is 11.3 Å². The summed E-state index contributed by atoms with van der Waals surface area (Å²) in [5.74, 6) is 0.156. The predicted molar refractivity (Wildman–Crippen MR) is 67.8 cm³/mol. The Morgan fingerprint density at radius 3 is 2.68 bits per heavy atom. The second kappa shape index (κ2) is 5.24. The third kappa shape index (κ3) is 2.37. The van der Waals surface area contributed by atoms with Crippen molar-refractivity contribution in [2.75, 3.05) is 13.7 Å². The first-order valence-electron chi connectivity index (χ1n) is 6.08. The quantitative estimate of drug-likeness (QED) is 0.460. The van der Waals surface area contributed by atoms with Crippen LogP contribution >= 0.6 is 0 Å². The lowest BCUT2D eigenvalue weighted by molar-refractivity contribution is -0.145. The highest BCUT2D eigenvalue weighted by Crippen LogP contribution is 2.55. The first-order chi connectivity index (χ1) is 9.17. The zero-order chi connectivity index (χ0) is 13.9. The zero-order valence-corrected chi connectivity index (χ0v) is 10.9. The van der Waals surface area contributed by atoms with E-state index >= 15 is 0 Å². The van der Waals surface area contributed by atoms with Gasteiger partial charge in [-0.2, -0.15) is 4.99 Å². The molecule has 1 aliphatic carbocycles. The predicted octanol–water partition coefficient (Wildman–Crippen LogP) is 1.82. The van der Waals surface area contributed by atoms with Gasteiger partial charge in [-0.1, -0.05) is 12.1 Å². The van der Waals surface area contributed by atoms with Gasteiger partial charge in [-0.15, -0.1) is 0 Å². The van der Waals surface area contributed by atoms with Crippen molar-refractivity contribution in [3.63, 3.8) is 0 Å². The molecule has 1 fully saturated rings. The van der Waals surface area contributed by atoms with Gasteiger partial charge >= 0.3 is 5.97 Å². The van der Waals surface area contributed by atoms with Gasteiger partial charge in [0.1, 0.15) is 5.75 Å². The average Bonchev–Trinajstić information content (AvgIpc) is 3.15. The maximum atomic E-state index is 11.9. The normalized spacial score (nSPS) is 24.2. The van der Waals surface area contributed by atoms with Gasteiger partial charge in [-0.3, -0.25) is 0 Å². The molecule has 1 saturated carbocycles. The van der Waals surface area contributed by atoms with Crippen LogP contribution in [0.15, 0.2) is 29.3 Å². The number of hydrogen-bond acceptors (Lipinski definition) is 5. The lowest BCUT2D eigenvalue weighted by Crippen LogP contribution is -2.25. The number of carbonyl (C=O) groups is 1. The topological polar surface area (TPSA) is 65.0 Å². The smallest absolute Gasteiger partial charge is 0.335 e. The first kappa shape index (κ1) is 13.3. The summed E-state index contributed by atoms with van der Waals surface area (Å²) in [5.41, 5.74) is -0.139. The molecule has 0 spiro atoms.